The maximum absolute atomic E-state index is 11.3. The zero-order chi connectivity index (χ0) is 13.8. The summed E-state index contributed by atoms with van der Waals surface area (Å²) < 4.78 is 25.2. The minimum atomic E-state index is -3.20. The van der Waals surface area contributed by atoms with Crippen molar-refractivity contribution in [2.24, 2.45) is 0 Å². The van der Waals surface area contributed by atoms with Gasteiger partial charge in [-0.15, -0.1) is 12.4 Å². The second-order valence-electron chi connectivity index (χ2n) is 4.34. The van der Waals surface area contributed by atoms with Gasteiger partial charge in [0.15, 0.2) is 0 Å². The van der Waals surface area contributed by atoms with Crippen LogP contribution in [0.4, 0.5) is 5.69 Å². The van der Waals surface area contributed by atoms with E-state index in [0.29, 0.717) is 0 Å². The molecule has 1 aromatic rings. The van der Waals surface area contributed by atoms with Crippen molar-refractivity contribution in [1.29, 1.82) is 0 Å². The van der Waals surface area contributed by atoms with E-state index in [0.717, 1.165) is 24.3 Å². The summed E-state index contributed by atoms with van der Waals surface area (Å²) in [6.45, 7) is 7.85. The molecule has 0 spiro atoms. The van der Waals surface area contributed by atoms with Gasteiger partial charge in [-0.05, 0) is 32.4 Å². The van der Waals surface area contributed by atoms with Crippen LogP contribution in [0.3, 0.4) is 0 Å². The SMILES string of the molecule is CCN(CC)c1ccccc1C(C)NS(C)(=O)=O.Cl. The highest BCUT2D eigenvalue weighted by Crippen LogP contribution is 2.26. The zero-order valence-corrected chi connectivity index (χ0v) is 13.5. The van der Waals surface area contributed by atoms with Gasteiger partial charge >= 0.3 is 0 Å². The highest BCUT2D eigenvalue weighted by molar-refractivity contribution is 7.88. The molecular weight excluding hydrogens is 284 g/mol. The summed E-state index contributed by atoms with van der Waals surface area (Å²) in [6.07, 6.45) is 1.18. The van der Waals surface area contributed by atoms with Crippen LogP contribution in [0, 0.1) is 0 Å². The van der Waals surface area contributed by atoms with E-state index in [4.69, 9.17) is 0 Å². The molecule has 110 valence electrons. The van der Waals surface area contributed by atoms with Crippen molar-refractivity contribution in [2.45, 2.75) is 26.8 Å². The Morgan fingerprint density at radius 2 is 1.74 bits per heavy atom. The lowest BCUT2D eigenvalue weighted by molar-refractivity contribution is 0.573. The first-order chi connectivity index (χ1) is 8.39. The van der Waals surface area contributed by atoms with Crippen LogP contribution in [0.1, 0.15) is 32.4 Å². The van der Waals surface area contributed by atoms with E-state index in [9.17, 15) is 8.42 Å². The number of rotatable bonds is 6. The van der Waals surface area contributed by atoms with Crippen LogP contribution in [-0.2, 0) is 10.0 Å². The molecule has 19 heavy (non-hydrogen) atoms. The van der Waals surface area contributed by atoms with Crippen LogP contribution >= 0.6 is 12.4 Å². The molecule has 1 N–H and O–H groups in total. The Bertz CT molecular complexity index is 487. The minimum Gasteiger partial charge on any atom is -0.372 e. The minimum absolute atomic E-state index is 0. The molecule has 0 amide bonds. The van der Waals surface area contributed by atoms with E-state index < -0.39 is 10.0 Å². The van der Waals surface area contributed by atoms with E-state index in [1.807, 2.05) is 31.2 Å². The van der Waals surface area contributed by atoms with Crippen molar-refractivity contribution < 1.29 is 8.42 Å². The van der Waals surface area contributed by atoms with Gasteiger partial charge in [0.05, 0.1) is 6.26 Å². The number of benzene rings is 1. The Hall–Kier alpha value is -0.780. The summed E-state index contributed by atoms with van der Waals surface area (Å²) in [5.41, 5.74) is 2.10. The molecule has 0 saturated heterocycles. The molecule has 1 atom stereocenters. The van der Waals surface area contributed by atoms with Crippen molar-refractivity contribution in [3.05, 3.63) is 29.8 Å². The van der Waals surface area contributed by atoms with E-state index in [1.54, 1.807) is 0 Å². The molecule has 0 fully saturated rings. The predicted octanol–water partition coefficient (Wildman–Crippen LogP) is 2.56. The Morgan fingerprint density at radius 3 is 2.21 bits per heavy atom. The van der Waals surface area contributed by atoms with Gasteiger partial charge in [-0.25, -0.2) is 13.1 Å². The molecule has 1 rings (SSSR count). The molecule has 0 aliphatic rings. The number of hydrogen-bond acceptors (Lipinski definition) is 3. The molecular formula is C13H23ClN2O2S. The lowest BCUT2D eigenvalue weighted by Gasteiger charge is -2.26. The van der Waals surface area contributed by atoms with Crippen molar-refractivity contribution in [2.75, 3.05) is 24.2 Å². The second-order valence-corrected chi connectivity index (χ2v) is 6.12. The first-order valence-electron chi connectivity index (χ1n) is 6.20. The van der Waals surface area contributed by atoms with Crippen molar-refractivity contribution >= 4 is 28.1 Å². The number of sulfonamides is 1. The van der Waals surface area contributed by atoms with Crippen molar-refractivity contribution in [3.63, 3.8) is 0 Å². The first-order valence-corrected chi connectivity index (χ1v) is 8.09. The smallest absolute Gasteiger partial charge is 0.209 e. The quantitative estimate of drug-likeness (QED) is 0.879. The van der Waals surface area contributed by atoms with Gasteiger partial charge in [-0.3, -0.25) is 0 Å². The standard InChI is InChI=1S/C13H22N2O2S.ClH/c1-5-15(6-2)13-10-8-7-9-12(13)11(3)14-18(4,16)17;/h7-11,14H,5-6H2,1-4H3;1H. The van der Waals surface area contributed by atoms with Crippen LogP contribution in [0.5, 0.6) is 0 Å². The van der Waals surface area contributed by atoms with Gasteiger partial charge in [0.2, 0.25) is 10.0 Å². The van der Waals surface area contributed by atoms with Crippen LogP contribution in [0.15, 0.2) is 24.3 Å². The molecule has 0 bridgehead atoms. The number of hydrogen-bond donors (Lipinski definition) is 1. The average molecular weight is 307 g/mol. The molecule has 1 aromatic carbocycles. The molecule has 0 aromatic heterocycles. The van der Waals surface area contributed by atoms with E-state index in [1.165, 1.54) is 6.26 Å². The molecule has 0 saturated carbocycles. The van der Waals surface area contributed by atoms with Crippen LogP contribution in [-0.4, -0.2) is 27.8 Å². The van der Waals surface area contributed by atoms with Gasteiger partial charge < -0.3 is 4.90 Å². The predicted molar refractivity (Wildman–Crippen MR) is 83.6 cm³/mol. The maximum Gasteiger partial charge on any atom is 0.209 e. The summed E-state index contributed by atoms with van der Waals surface area (Å²) in [5, 5.41) is 0. The van der Waals surface area contributed by atoms with E-state index in [-0.39, 0.29) is 18.4 Å². The van der Waals surface area contributed by atoms with Crippen molar-refractivity contribution in [3.8, 4) is 0 Å². The van der Waals surface area contributed by atoms with E-state index in [2.05, 4.69) is 23.5 Å². The van der Waals surface area contributed by atoms with Gasteiger partial charge in [0.1, 0.15) is 0 Å². The fourth-order valence-electron chi connectivity index (χ4n) is 2.09. The zero-order valence-electron chi connectivity index (χ0n) is 11.9. The summed E-state index contributed by atoms with van der Waals surface area (Å²) in [7, 11) is -3.20. The van der Waals surface area contributed by atoms with Gasteiger partial charge in [-0.1, -0.05) is 18.2 Å². The maximum atomic E-state index is 11.3. The second kappa shape index (κ2) is 7.72. The monoisotopic (exact) mass is 306 g/mol. The highest BCUT2D eigenvalue weighted by atomic mass is 35.5. The topological polar surface area (TPSA) is 49.4 Å². The fourth-order valence-corrected chi connectivity index (χ4v) is 2.86. The third-order valence-electron chi connectivity index (χ3n) is 2.90. The summed E-state index contributed by atoms with van der Waals surface area (Å²) >= 11 is 0. The third kappa shape index (κ3) is 5.38. The molecule has 0 aliphatic carbocycles. The number of nitrogens with zero attached hydrogens (tertiary/aromatic N) is 1. The number of anilines is 1. The molecule has 0 radical (unpaired) electrons. The fraction of sp³-hybridized carbons (Fsp3) is 0.538. The molecule has 4 nitrogen and oxygen atoms in total. The highest BCUT2D eigenvalue weighted by Gasteiger charge is 2.16. The summed E-state index contributed by atoms with van der Waals surface area (Å²) in [4.78, 5) is 2.22. The van der Waals surface area contributed by atoms with Gasteiger partial charge in [0, 0.05) is 24.8 Å². The van der Waals surface area contributed by atoms with Gasteiger partial charge in [-0.2, -0.15) is 0 Å². The lowest BCUT2D eigenvalue weighted by atomic mass is 10.1. The number of para-hydroxylation sites is 1. The average Bonchev–Trinajstić information content (AvgIpc) is 2.29. The Morgan fingerprint density at radius 1 is 1.21 bits per heavy atom. The Labute approximate surface area is 122 Å². The van der Waals surface area contributed by atoms with Crippen LogP contribution < -0.4 is 9.62 Å². The number of halogens is 1. The first kappa shape index (κ1) is 18.2. The number of nitrogens with one attached hydrogen (secondary N) is 1. The Kier molecular flexibility index (Phi) is 7.41. The molecule has 0 aliphatic heterocycles. The molecule has 0 heterocycles. The van der Waals surface area contributed by atoms with Crippen molar-refractivity contribution in [1.82, 2.24) is 4.72 Å². The molecule has 1 unspecified atom stereocenters. The Balaban J connectivity index is 0.00000324. The van der Waals surface area contributed by atoms with Crippen LogP contribution in [0.2, 0.25) is 0 Å². The summed E-state index contributed by atoms with van der Waals surface area (Å²) in [6, 6.07) is 7.68. The van der Waals surface area contributed by atoms with Gasteiger partial charge in [0.25, 0.3) is 0 Å². The summed E-state index contributed by atoms with van der Waals surface area (Å²) in [5.74, 6) is 0. The normalized spacial score (nSPS) is 12.6. The molecule has 6 heteroatoms. The largest absolute Gasteiger partial charge is 0.372 e. The van der Waals surface area contributed by atoms with E-state index >= 15 is 0 Å². The van der Waals surface area contributed by atoms with Crippen LogP contribution in [0.25, 0.3) is 0 Å². The third-order valence-corrected chi connectivity index (χ3v) is 3.68. The lowest BCUT2D eigenvalue weighted by Crippen LogP contribution is -2.29.